The van der Waals surface area contributed by atoms with Crippen molar-refractivity contribution < 1.29 is 54.9 Å². The Morgan fingerprint density at radius 3 is 2.08 bits per heavy atom. The number of likely N-dealkylation sites (tertiary alicyclic amines) is 1. The van der Waals surface area contributed by atoms with Gasteiger partial charge in [0.25, 0.3) is 0 Å². The van der Waals surface area contributed by atoms with Gasteiger partial charge in [0.1, 0.15) is 11.9 Å². The van der Waals surface area contributed by atoms with Gasteiger partial charge in [-0.1, -0.05) is 0 Å². The molecule has 1 fully saturated rings. The fraction of sp³-hybridized carbons (Fsp3) is 0.538. The number of amides is 1. The fourth-order valence-electron chi connectivity index (χ4n) is 5.12. The lowest BCUT2D eigenvalue weighted by Gasteiger charge is -2.48. The molecule has 0 aromatic heterocycles. The normalized spacial score (nSPS) is 22.5. The first kappa shape index (κ1) is 30.2. The van der Waals surface area contributed by atoms with E-state index in [1.54, 1.807) is 13.8 Å². The van der Waals surface area contributed by atoms with Crippen LogP contribution in [0.3, 0.4) is 0 Å². The molecule has 7 nitrogen and oxygen atoms in total. The van der Waals surface area contributed by atoms with E-state index in [9.17, 15) is 35.9 Å². The second-order valence-corrected chi connectivity index (χ2v) is 9.23. The summed E-state index contributed by atoms with van der Waals surface area (Å²) >= 11 is 0. The predicted octanol–water partition coefficient (Wildman–Crippen LogP) is 6.40. The second-order valence-electron chi connectivity index (χ2n) is 9.23. The van der Waals surface area contributed by atoms with Crippen molar-refractivity contribution in [2.24, 2.45) is 5.92 Å². The Labute approximate surface area is 221 Å². The molecule has 1 amide bonds. The highest BCUT2D eigenvalue weighted by Gasteiger charge is 2.48. The number of benzene rings is 1. The first-order chi connectivity index (χ1) is 18.1. The van der Waals surface area contributed by atoms with Crippen LogP contribution >= 0.6 is 0 Å². The van der Waals surface area contributed by atoms with Crippen molar-refractivity contribution in [3.63, 3.8) is 0 Å². The minimum atomic E-state index is -5.09. The molecule has 4 atom stereocenters. The number of rotatable bonds is 6. The van der Waals surface area contributed by atoms with Crippen molar-refractivity contribution in [3.05, 3.63) is 58.1 Å². The van der Waals surface area contributed by atoms with Crippen LogP contribution in [0.25, 0.3) is 0 Å². The Balaban J connectivity index is 2.25. The van der Waals surface area contributed by atoms with Crippen molar-refractivity contribution >= 4 is 12.1 Å². The second kappa shape index (κ2) is 11.4. The topological polar surface area (TPSA) is 74.3 Å². The number of carbonyl (C=O) groups excluding carboxylic acids is 2. The third kappa shape index (κ3) is 6.44. The number of ether oxygens (including phenoxy) is 4. The maximum absolute atomic E-state index is 13.6. The number of hydrogen-bond acceptors (Lipinski definition) is 6. The zero-order valence-corrected chi connectivity index (χ0v) is 21.9. The maximum atomic E-state index is 13.6. The number of fused-ring (bicyclic) bond motifs is 1. The predicted molar refractivity (Wildman–Crippen MR) is 125 cm³/mol. The molecule has 1 aliphatic carbocycles. The number of carbonyl (C=O) groups is 2. The molecule has 1 saturated heterocycles. The van der Waals surface area contributed by atoms with E-state index in [2.05, 4.69) is 0 Å². The Morgan fingerprint density at radius 1 is 1.03 bits per heavy atom. The molecule has 39 heavy (non-hydrogen) atoms. The molecule has 1 heterocycles. The molecular weight excluding hydrogens is 536 g/mol. The average molecular weight is 566 g/mol. The lowest BCUT2D eigenvalue weighted by molar-refractivity contribution is -0.150. The molecule has 0 N–H and O–H groups in total. The molecule has 0 saturated carbocycles. The van der Waals surface area contributed by atoms with E-state index >= 15 is 0 Å². The van der Waals surface area contributed by atoms with Crippen LogP contribution in [0, 0.1) is 5.92 Å². The minimum Gasteiger partial charge on any atom is -0.497 e. The molecule has 1 aliphatic heterocycles. The van der Waals surface area contributed by atoms with E-state index in [1.165, 1.54) is 25.2 Å². The molecule has 1 aromatic rings. The van der Waals surface area contributed by atoms with Gasteiger partial charge in [0.15, 0.2) is 5.76 Å². The molecule has 0 radical (unpaired) electrons. The minimum absolute atomic E-state index is 0.0135. The van der Waals surface area contributed by atoms with Gasteiger partial charge in [0.2, 0.25) is 0 Å². The third-order valence-corrected chi connectivity index (χ3v) is 6.71. The standard InChI is InChI=1S/C26H29F6NO6/c1-6-38-24(35)33-13(2)7-19(18-11-21(36-4)22(37-5)12-20(18)33)23(39-14(3)34)15-8-16(25(27,28)29)10-17(9-15)26(30,31)32/h8-11,13,19-20,23H,6-7,12H2,1-5H3/t13-,19?,20?,23?/m0/s1. The fourth-order valence-corrected chi connectivity index (χ4v) is 5.12. The third-order valence-electron chi connectivity index (χ3n) is 6.71. The van der Waals surface area contributed by atoms with E-state index in [0.717, 1.165) is 6.92 Å². The van der Waals surface area contributed by atoms with Gasteiger partial charge in [-0.2, -0.15) is 26.3 Å². The van der Waals surface area contributed by atoms with Gasteiger partial charge in [-0.15, -0.1) is 0 Å². The van der Waals surface area contributed by atoms with Gasteiger partial charge in [-0.3, -0.25) is 9.69 Å². The van der Waals surface area contributed by atoms with Gasteiger partial charge < -0.3 is 18.9 Å². The summed E-state index contributed by atoms with van der Waals surface area (Å²) in [4.78, 5) is 26.5. The number of esters is 1. The van der Waals surface area contributed by atoms with Crippen LogP contribution < -0.4 is 0 Å². The number of halogens is 6. The first-order valence-corrected chi connectivity index (χ1v) is 12.1. The summed E-state index contributed by atoms with van der Waals surface area (Å²) in [6.45, 7) is 4.38. The molecule has 216 valence electrons. The highest BCUT2D eigenvalue weighted by atomic mass is 19.4. The number of allylic oxidation sites excluding steroid dienone is 1. The highest BCUT2D eigenvalue weighted by molar-refractivity contribution is 5.70. The Morgan fingerprint density at radius 2 is 1.62 bits per heavy atom. The van der Waals surface area contributed by atoms with E-state index in [-0.39, 0.29) is 31.3 Å². The lowest BCUT2D eigenvalue weighted by Crippen LogP contribution is -2.54. The van der Waals surface area contributed by atoms with Gasteiger partial charge in [0.05, 0.1) is 38.0 Å². The van der Waals surface area contributed by atoms with Crippen molar-refractivity contribution in [3.8, 4) is 0 Å². The van der Waals surface area contributed by atoms with E-state index < -0.39 is 65.2 Å². The van der Waals surface area contributed by atoms with Crippen molar-refractivity contribution in [1.82, 2.24) is 4.90 Å². The van der Waals surface area contributed by atoms with E-state index in [4.69, 9.17) is 18.9 Å². The summed E-state index contributed by atoms with van der Waals surface area (Å²) < 4.78 is 103. The Hall–Kier alpha value is -3.38. The molecule has 0 spiro atoms. The van der Waals surface area contributed by atoms with Gasteiger partial charge >= 0.3 is 24.4 Å². The number of alkyl halides is 6. The highest BCUT2D eigenvalue weighted by Crippen LogP contribution is 2.48. The van der Waals surface area contributed by atoms with Crippen LogP contribution in [0.1, 0.15) is 56.4 Å². The van der Waals surface area contributed by atoms with Gasteiger partial charge in [-0.25, -0.2) is 4.79 Å². The Kier molecular flexibility index (Phi) is 8.81. The van der Waals surface area contributed by atoms with Crippen molar-refractivity contribution in [2.75, 3.05) is 20.8 Å². The zero-order chi connectivity index (χ0) is 29.3. The zero-order valence-electron chi connectivity index (χ0n) is 21.9. The molecule has 2 aliphatic rings. The molecule has 1 aromatic carbocycles. The van der Waals surface area contributed by atoms with Crippen LogP contribution in [-0.4, -0.2) is 49.9 Å². The van der Waals surface area contributed by atoms with E-state index in [0.29, 0.717) is 23.5 Å². The first-order valence-electron chi connectivity index (χ1n) is 12.1. The number of nitrogens with zero attached hydrogens (tertiary/aromatic N) is 1. The quantitative estimate of drug-likeness (QED) is 0.294. The molecular formula is C26H29F6NO6. The lowest BCUT2D eigenvalue weighted by atomic mass is 9.73. The largest absolute Gasteiger partial charge is 0.497 e. The SMILES string of the molecule is CCOC(=O)N1C2CC(OC)=C(OC)C=C2C(C(OC(C)=O)c2cc(C(F)(F)F)cc(C(F)(F)F)c2)C[C@@H]1C. The summed E-state index contributed by atoms with van der Waals surface area (Å²) in [6, 6.07) is -0.226. The van der Waals surface area contributed by atoms with Crippen molar-refractivity contribution in [2.45, 2.75) is 64.2 Å². The molecule has 0 bridgehead atoms. The van der Waals surface area contributed by atoms with Crippen LogP contribution in [0.2, 0.25) is 0 Å². The van der Waals surface area contributed by atoms with Crippen LogP contribution in [0.15, 0.2) is 41.4 Å². The average Bonchev–Trinajstić information content (AvgIpc) is 2.84. The van der Waals surface area contributed by atoms with Crippen LogP contribution in [0.4, 0.5) is 31.1 Å². The summed E-state index contributed by atoms with van der Waals surface area (Å²) in [5.41, 5.74) is -3.13. The van der Waals surface area contributed by atoms with E-state index in [1.807, 2.05) is 0 Å². The monoisotopic (exact) mass is 565 g/mol. The smallest absolute Gasteiger partial charge is 0.416 e. The van der Waals surface area contributed by atoms with Crippen molar-refractivity contribution in [1.29, 1.82) is 0 Å². The number of piperidine rings is 1. The maximum Gasteiger partial charge on any atom is 0.416 e. The van der Waals surface area contributed by atoms with Gasteiger partial charge in [-0.05, 0) is 55.7 Å². The molecule has 3 rings (SSSR count). The number of hydrogen-bond donors (Lipinski definition) is 0. The summed E-state index contributed by atoms with van der Waals surface area (Å²) in [7, 11) is 2.76. The molecule has 13 heteroatoms. The van der Waals surface area contributed by atoms with Crippen LogP contribution in [-0.2, 0) is 36.1 Å². The molecule has 3 unspecified atom stereocenters. The summed E-state index contributed by atoms with van der Waals surface area (Å²) in [5.74, 6) is -1.18. The number of methoxy groups -OCH3 is 2. The van der Waals surface area contributed by atoms with Crippen LogP contribution in [0.5, 0.6) is 0 Å². The van der Waals surface area contributed by atoms with Gasteiger partial charge in [0, 0.05) is 25.3 Å². The summed E-state index contributed by atoms with van der Waals surface area (Å²) in [6.07, 6.45) is -10.7. The Bertz CT molecular complexity index is 1130. The summed E-state index contributed by atoms with van der Waals surface area (Å²) in [5, 5.41) is 0.